The molecule has 124 valence electrons. The van der Waals surface area contributed by atoms with E-state index in [2.05, 4.69) is 32.5 Å². The fraction of sp³-hybridized carbons (Fsp3) is 0.471. The van der Waals surface area contributed by atoms with Gasteiger partial charge < -0.3 is 14.8 Å². The van der Waals surface area contributed by atoms with Crippen LogP contribution in [0.1, 0.15) is 17.7 Å². The van der Waals surface area contributed by atoms with E-state index in [4.69, 9.17) is 9.47 Å². The van der Waals surface area contributed by atoms with Gasteiger partial charge in [-0.2, -0.15) is 5.10 Å². The van der Waals surface area contributed by atoms with E-state index in [1.807, 2.05) is 12.1 Å². The molecule has 0 unspecified atom stereocenters. The molecule has 1 aliphatic heterocycles. The number of aromatic nitrogens is 2. The van der Waals surface area contributed by atoms with Gasteiger partial charge in [-0.05, 0) is 30.2 Å². The summed E-state index contributed by atoms with van der Waals surface area (Å²) in [5, 5.41) is 10.5. The highest BCUT2D eigenvalue weighted by Gasteiger charge is 2.22. The van der Waals surface area contributed by atoms with Crippen molar-refractivity contribution in [2.24, 2.45) is 0 Å². The Kier molecular flexibility index (Phi) is 5.15. The number of rotatable bonds is 7. The molecule has 0 spiro atoms. The van der Waals surface area contributed by atoms with E-state index in [0.29, 0.717) is 6.04 Å². The number of methoxy groups -OCH3 is 2. The second-order valence-electron chi connectivity index (χ2n) is 5.90. The summed E-state index contributed by atoms with van der Waals surface area (Å²) in [4.78, 5) is 2.46. The number of ether oxygens (including phenoxy) is 2. The third-order valence-electron chi connectivity index (χ3n) is 4.23. The van der Waals surface area contributed by atoms with Crippen LogP contribution in [0, 0.1) is 0 Å². The Balaban J connectivity index is 1.53. The number of nitrogens with zero attached hydrogens (tertiary/aromatic N) is 2. The lowest BCUT2D eigenvalue weighted by molar-refractivity contribution is 0.317. The lowest BCUT2D eigenvalue weighted by Crippen LogP contribution is -2.32. The fourth-order valence-electron chi connectivity index (χ4n) is 3.00. The van der Waals surface area contributed by atoms with Crippen LogP contribution >= 0.6 is 0 Å². The van der Waals surface area contributed by atoms with Crippen molar-refractivity contribution in [2.75, 3.05) is 27.3 Å². The molecule has 1 saturated heterocycles. The maximum atomic E-state index is 5.34. The van der Waals surface area contributed by atoms with Crippen LogP contribution in [0.2, 0.25) is 0 Å². The lowest BCUT2D eigenvalue weighted by atomic mass is 10.2. The highest BCUT2D eigenvalue weighted by molar-refractivity contribution is 5.38. The molecule has 1 aromatic heterocycles. The minimum absolute atomic E-state index is 0.519. The van der Waals surface area contributed by atoms with Gasteiger partial charge in [0.15, 0.2) is 0 Å². The summed E-state index contributed by atoms with van der Waals surface area (Å²) in [7, 11) is 3.37. The number of benzene rings is 1. The van der Waals surface area contributed by atoms with Crippen LogP contribution in [0.3, 0.4) is 0 Å². The first-order valence-corrected chi connectivity index (χ1v) is 7.93. The number of likely N-dealkylation sites (tertiary alicyclic amines) is 1. The monoisotopic (exact) mass is 316 g/mol. The maximum absolute atomic E-state index is 5.34. The Morgan fingerprint density at radius 3 is 2.70 bits per heavy atom. The molecular formula is C17H24N4O2. The summed E-state index contributed by atoms with van der Waals surface area (Å²) in [5.74, 6) is 1.68. The Labute approximate surface area is 136 Å². The van der Waals surface area contributed by atoms with Crippen molar-refractivity contribution in [1.29, 1.82) is 0 Å². The summed E-state index contributed by atoms with van der Waals surface area (Å²) >= 11 is 0. The molecule has 23 heavy (non-hydrogen) atoms. The summed E-state index contributed by atoms with van der Waals surface area (Å²) in [6.07, 6.45) is 2.95. The molecular weight excluding hydrogens is 292 g/mol. The van der Waals surface area contributed by atoms with Crippen molar-refractivity contribution < 1.29 is 9.47 Å². The molecule has 0 bridgehead atoms. The Bertz CT molecular complexity index is 593. The Morgan fingerprint density at radius 2 is 2.04 bits per heavy atom. The molecule has 1 fully saturated rings. The Hall–Kier alpha value is -2.05. The van der Waals surface area contributed by atoms with Crippen LogP contribution in [0.4, 0.5) is 0 Å². The van der Waals surface area contributed by atoms with Crippen molar-refractivity contribution in [2.45, 2.75) is 25.6 Å². The van der Waals surface area contributed by atoms with E-state index in [9.17, 15) is 0 Å². The zero-order valence-electron chi connectivity index (χ0n) is 13.7. The van der Waals surface area contributed by atoms with E-state index in [1.165, 1.54) is 5.56 Å². The molecule has 2 N–H and O–H groups in total. The summed E-state index contributed by atoms with van der Waals surface area (Å²) in [5.41, 5.74) is 2.34. The molecule has 0 amide bonds. The first kappa shape index (κ1) is 15.8. The maximum Gasteiger partial charge on any atom is 0.122 e. The van der Waals surface area contributed by atoms with Gasteiger partial charge in [-0.15, -0.1) is 0 Å². The minimum atomic E-state index is 0.519. The zero-order valence-corrected chi connectivity index (χ0v) is 13.7. The van der Waals surface area contributed by atoms with Crippen LogP contribution in [0.5, 0.6) is 11.5 Å². The van der Waals surface area contributed by atoms with Crippen LogP contribution in [0.25, 0.3) is 0 Å². The smallest absolute Gasteiger partial charge is 0.122 e. The summed E-state index contributed by atoms with van der Waals surface area (Å²) in [6, 6.07) is 8.58. The van der Waals surface area contributed by atoms with E-state index in [1.54, 1.807) is 20.4 Å². The van der Waals surface area contributed by atoms with Gasteiger partial charge >= 0.3 is 0 Å². The standard InChI is InChI=1S/C17H24N4O2/c1-22-16-7-13(8-17(9-16)23-2)11-21-6-4-15(12-21)18-10-14-3-5-19-20-14/h3,5,7-9,15,18H,4,6,10-12H2,1-2H3,(H,19,20)/t15-/m0/s1. The van der Waals surface area contributed by atoms with Gasteiger partial charge in [0.25, 0.3) is 0 Å². The highest BCUT2D eigenvalue weighted by Crippen LogP contribution is 2.24. The predicted molar refractivity (Wildman–Crippen MR) is 88.7 cm³/mol. The van der Waals surface area contributed by atoms with E-state index < -0.39 is 0 Å². The summed E-state index contributed by atoms with van der Waals surface area (Å²) < 4.78 is 10.7. The fourth-order valence-corrected chi connectivity index (χ4v) is 3.00. The van der Waals surface area contributed by atoms with Gasteiger partial charge in [-0.3, -0.25) is 10.00 Å². The van der Waals surface area contributed by atoms with Gasteiger partial charge in [0.2, 0.25) is 0 Å². The van der Waals surface area contributed by atoms with Gasteiger partial charge in [-0.25, -0.2) is 0 Å². The van der Waals surface area contributed by atoms with Crippen LogP contribution in [-0.2, 0) is 13.1 Å². The molecule has 1 aromatic carbocycles. The molecule has 2 aromatic rings. The van der Waals surface area contributed by atoms with E-state index in [0.717, 1.165) is 49.8 Å². The van der Waals surface area contributed by atoms with E-state index >= 15 is 0 Å². The third kappa shape index (κ3) is 4.24. The first-order valence-electron chi connectivity index (χ1n) is 7.93. The van der Waals surface area contributed by atoms with Crippen molar-refractivity contribution in [3.05, 3.63) is 41.7 Å². The molecule has 2 heterocycles. The average Bonchev–Trinajstić information content (AvgIpc) is 3.24. The van der Waals surface area contributed by atoms with Gasteiger partial charge in [0.1, 0.15) is 11.5 Å². The predicted octanol–water partition coefficient (Wildman–Crippen LogP) is 1.79. The number of nitrogens with one attached hydrogen (secondary N) is 2. The second-order valence-corrected chi connectivity index (χ2v) is 5.90. The normalized spacial score (nSPS) is 18.3. The van der Waals surface area contributed by atoms with Crippen molar-refractivity contribution in [1.82, 2.24) is 20.4 Å². The largest absolute Gasteiger partial charge is 0.497 e. The molecule has 0 saturated carbocycles. The van der Waals surface area contributed by atoms with E-state index in [-0.39, 0.29) is 0 Å². The van der Waals surface area contributed by atoms with Crippen LogP contribution in [0.15, 0.2) is 30.5 Å². The Morgan fingerprint density at radius 1 is 1.26 bits per heavy atom. The quantitative estimate of drug-likeness (QED) is 0.815. The number of H-pyrrole nitrogens is 1. The molecule has 3 rings (SSSR count). The highest BCUT2D eigenvalue weighted by atomic mass is 16.5. The van der Waals surface area contributed by atoms with Gasteiger partial charge in [0.05, 0.1) is 14.2 Å². The van der Waals surface area contributed by atoms with Gasteiger partial charge in [0, 0.05) is 50.2 Å². The number of hydrogen-bond donors (Lipinski definition) is 2. The molecule has 6 nitrogen and oxygen atoms in total. The SMILES string of the molecule is COc1cc(CN2CC[C@H](NCc3ccn[nH]3)C2)cc(OC)c1. The minimum Gasteiger partial charge on any atom is -0.497 e. The topological polar surface area (TPSA) is 62.4 Å². The second kappa shape index (κ2) is 7.48. The summed E-state index contributed by atoms with van der Waals surface area (Å²) in [6.45, 7) is 3.90. The zero-order chi connectivity index (χ0) is 16.1. The molecule has 1 atom stereocenters. The van der Waals surface area contributed by atoms with Crippen molar-refractivity contribution in [3.63, 3.8) is 0 Å². The molecule has 6 heteroatoms. The molecule has 1 aliphatic rings. The number of hydrogen-bond acceptors (Lipinski definition) is 5. The molecule has 0 aliphatic carbocycles. The third-order valence-corrected chi connectivity index (χ3v) is 4.23. The van der Waals surface area contributed by atoms with Crippen LogP contribution in [-0.4, -0.2) is 48.4 Å². The number of aromatic amines is 1. The van der Waals surface area contributed by atoms with Gasteiger partial charge in [-0.1, -0.05) is 0 Å². The first-order chi connectivity index (χ1) is 11.3. The van der Waals surface area contributed by atoms with Crippen molar-refractivity contribution in [3.8, 4) is 11.5 Å². The lowest BCUT2D eigenvalue weighted by Gasteiger charge is -2.17. The van der Waals surface area contributed by atoms with Crippen molar-refractivity contribution >= 4 is 0 Å². The molecule has 0 radical (unpaired) electrons. The average molecular weight is 316 g/mol. The van der Waals surface area contributed by atoms with Crippen LogP contribution < -0.4 is 14.8 Å².